The third kappa shape index (κ3) is 2.96. The van der Waals surface area contributed by atoms with Crippen LogP contribution in [-0.2, 0) is 10.0 Å². The number of nitriles is 1. The molecule has 1 unspecified atom stereocenters. The van der Waals surface area contributed by atoms with Crippen LogP contribution in [0.4, 0.5) is 0 Å². The van der Waals surface area contributed by atoms with Crippen LogP contribution in [0, 0.1) is 17.2 Å². The van der Waals surface area contributed by atoms with Gasteiger partial charge in [0.15, 0.2) is 0 Å². The molecule has 5 nitrogen and oxygen atoms in total. The molecule has 1 N–H and O–H groups in total. The van der Waals surface area contributed by atoms with Gasteiger partial charge in [0.2, 0.25) is 10.0 Å². The molecule has 1 heterocycles. The Bertz CT molecular complexity index is 640. The van der Waals surface area contributed by atoms with Crippen molar-refractivity contribution in [3.05, 3.63) is 28.8 Å². The van der Waals surface area contributed by atoms with E-state index in [-0.39, 0.29) is 34.6 Å². The zero-order chi connectivity index (χ0) is 14.8. The van der Waals surface area contributed by atoms with E-state index in [9.17, 15) is 13.5 Å². The highest BCUT2D eigenvalue weighted by Gasteiger charge is 2.31. The quantitative estimate of drug-likeness (QED) is 0.919. The molecule has 7 heteroatoms. The molecule has 2 rings (SSSR count). The van der Waals surface area contributed by atoms with E-state index in [1.807, 2.05) is 6.07 Å². The van der Waals surface area contributed by atoms with E-state index in [1.54, 1.807) is 0 Å². The summed E-state index contributed by atoms with van der Waals surface area (Å²) in [5.74, 6) is -0.0450. The number of sulfonamides is 1. The van der Waals surface area contributed by atoms with Gasteiger partial charge in [-0.3, -0.25) is 0 Å². The normalized spacial score (nSPS) is 20.6. The van der Waals surface area contributed by atoms with Gasteiger partial charge in [0.25, 0.3) is 0 Å². The lowest BCUT2D eigenvalue weighted by Gasteiger charge is -2.31. The van der Waals surface area contributed by atoms with E-state index in [2.05, 4.69) is 0 Å². The highest BCUT2D eigenvalue weighted by Crippen LogP contribution is 2.28. The van der Waals surface area contributed by atoms with Crippen molar-refractivity contribution in [2.45, 2.75) is 17.7 Å². The molecule has 0 aromatic heterocycles. The Morgan fingerprint density at radius 1 is 1.50 bits per heavy atom. The molecular formula is C13H15ClN2O3S. The largest absolute Gasteiger partial charge is 0.396 e. The zero-order valence-electron chi connectivity index (χ0n) is 10.8. The molecule has 0 saturated carbocycles. The van der Waals surface area contributed by atoms with Crippen LogP contribution in [0.2, 0.25) is 5.02 Å². The number of halogens is 1. The van der Waals surface area contributed by atoms with E-state index in [0.717, 1.165) is 6.42 Å². The number of hydrogen-bond donors (Lipinski definition) is 1. The van der Waals surface area contributed by atoms with Crippen LogP contribution in [-0.4, -0.2) is 37.5 Å². The maximum Gasteiger partial charge on any atom is 0.244 e. The SMILES string of the molecule is N#Cc1ccc(Cl)c(S(=O)(=O)N2CCCC(CO)C2)c1. The molecule has 20 heavy (non-hydrogen) atoms. The second-order valence-corrected chi connectivity index (χ2v) is 7.12. The number of piperidine rings is 1. The van der Waals surface area contributed by atoms with E-state index in [0.29, 0.717) is 13.0 Å². The van der Waals surface area contributed by atoms with Crippen molar-refractivity contribution in [2.24, 2.45) is 5.92 Å². The maximum absolute atomic E-state index is 12.6. The number of nitrogens with zero attached hydrogens (tertiary/aromatic N) is 2. The molecule has 1 aliphatic heterocycles. The lowest BCUT2D eigenvalue weighted by Crippen LogP contribution is -2.41. The summed E-state index contributed by atoms with van der Waals surface area (Å²) in [5, 5.41) is 18.2. The Morgan fingerprint density at radius 3 is 2.90 bits per heavy atom. The van der Waals surface area contributed by atoms with Crippen molar-refractivity contribution in [3.63, 3.8) is 0 Å². The minimum absolute atomic E-state index is 0.0298. The summed E-state index contributed by atoms with van der Waals surface area (Å²) < 4.78 is 26.5. The summed E-state index contributed by atoms with van der Waals surface area (Å²) in [6.07, 6.45) is 1.52. The second kappa shape index (κ2) is 6.10. The van der Waals surface area contributed by atoms with Gasteiger partial charge in [0.05, 0.1) is 16.7 Å². The minimum atomic E-state index is -3.73. The van der Waals surface area contributed by atoms with Crippen LogP contribution in [0.15, 0.2) is 23.1 Å². The molecule has 0 bridgehead atoms. The average molecular weight is 315 g/mol. The summed E-state index contributed by atoms with van der Waals surface area (Å²) >= 11 is 5.96. The fourth-order valence-corrected chi connectivity index (χ4v) is 4.36. The fourth-order valence-electron chi connectivity index (χ4n) is 2.30. The number of aliphatic hydroxyl groups excluding tert-OH is 1. The predicted octanol–water partition coefficient (Wildman–Crippen LogP) is 1.60. The van der Waals surface area contributed by atoms with Gasteiger partial charge in [0.1, 0.15) is 4.90 Å². The van der Waals surface area contributed by atoms with Crippen molar-refractivity contribution in [1.29, 1.82) is 5.26 Å². The Hall–Kier alpha value is -1.13. The fraction of sp³-hybridized carbons (Fsp3) is 0.462. The summed E-state index contributed by atoms with van der Waals surface area (Å²) in [6, 6.07) is 6.10. The monoisotopic (exact) mass is 314 g/mol. The number of aliphatic hydroxyl groups is 1. The standard InChI is InChI=1S/C13H15ClN2O3S/c14-12-4-3-10(7-15)6-13(12)20(18,19)16-5-1-2-11(8-16)9-17/h3-4,6,11,17H,1-2,5,8-9H2. The van der Waals surface area contributed by atoms with E-state index >= 15 is 0 Å². The lowest BCUT2D eigenvalue weighted by atomic mass is 10.0. The Labute approximate surface area is 123 Å². The maximum atomic E-state index is 12.6. The molecular weight excluding hydrogens is 300 g/mol. The van der Waals surface area contributed by atoms with Crippen LogP contribution >= 0.6 is 11.6 Å². The molecule has 108 valence electrons. The molecule has 0 radical (unpaired) electrons. The van der Waals surface area contributed by atoms with Gasteiger partial charge in [-0.15, -0.1) is 0 Å². The first-order valence-electron chi connectivity index (χ1n) is 6.29. The van der Waals surface area contributed by atoms with Crippen LogP contribution in [0.1, 0.15) is 18.4 Å². The van der Waals surface area contributed by atoms with Crippen molar-refractivity contribution in [3.8, 4) is 6.07 Å². The van der Waals surface area contributed by atoms with Gasteiger partial charge in [-0.05, 0) is 37.0 Å². The van der Waals surface area contributed by atoms with Crippen molar-refractivity contribution >= 4 is 21.6 Å². The third-order valence-corrected chi connectivity index (χ3v) is 5.76. The molecule has 1 atom stereocenters. The van der Waals surface area contributed by atoms with Gasteiger partial charge in [0, 0.05) is 19.7 Å². The van der Waals surface area contributed by atoms with Gasteiger partial charge >= 0.3 is 0 Å². The molecule has 0 amide bonds. The molecule has 0 aliphatic carbocycles. The molecule has 1 aromatic carbocycles. The Kier molecular flexibility index (Phi) is 4.66. The van der Waals surface area contributed by atoms with Crippen LogP contribution in [0.25, 0.3) is 0 Å². The predicted molar refractivity (Wildman–Crippen MR) is 74.7 cm³/mol. The van der Waals surface area contributed by atoms with E-state index in [4.69, 9.17) is 16.9 Å². The van der Waals surface area contributed by atoms with E-state index in [1.165, 1.54) is 22.5 Å². The summed E-state index contributed by atoms with van der Waals surface area (Å²) in [6.45, 7) is 0.663. The molecule has 1 saturated heterocycles. The first kappa shape index (κ1) is 15.3. The molecule has 1 aromatic rings. The van der Waals surface area contributed by atoms with Gasteiger partial charge < -0.3 is 5.11 Å². The lowest BCUT2D eigenvalue weighted by molar-refractivity contribution is 0.165. The van der Waals surface area contributed by atoms with Gasteiger partial charge in [-0.1, -0.05) is 11.6 Å². The first-order chi connectivity index (χ1) is 9.48. The van der Waals surface area contributed by atoms with Gasteiger partial charge in [-0.25, -0.2) is 8.42 Å². The molecule has 0 spiro atoms. The van der Waals surface area contributed by atoms with E-state index < -0.39 is 10.0 Å². The average Bonchev–Trinajstić information content (AvgIpc) is 2.47. The molecule has 1 aliphatic rings. The second-order valence-electron chi connectivity index (χ2n) is 4.81. The smallest absolute Gasteiger partial charge is 0.244 e. The number of rotatable bonds is 3. The highest BCUT2D eigenvalue weighted by molar-refractivity contribution is 7.89. The highest BCUT2D eigenvalue weighted by atomic mass is 35.5. The third-order valence-electron chi connectivity index (χ3n) is 3.42. The van der Waals surface area contributed by atoms with Crippen LogP contribution in [0.5, 0.6) is 0 Å². The Morgan fingerprint density at radius 2 is 2.25 bits per heavy atom. The summed E-state index contributed by atoms with van der Waals surface area (Å²) in [4.78, 5) is -0.0446. The first-order valence-corrected chi connectivity index (χ1v) is 8.11. The Balaban J connectivity index is 2.37. The van der Waals surface area contributed by atoms with Crippen molar-refractivity contribution in [2.75, 3.05) is 19.7 Å². The van der Waals surface area contributed by atoms with Crippen LogP contribution in [0.3, 0.4) is 0 Å². The number of benzene rings is 1. The minimum Gasteiger partial charge on any atom is -0.396 e. The van der Waals surface area contributed by atoms with Gasteiger partial charge in [-0.2, -0.15) is 9.57 Å². The van der Waals surface area contributed by atoms with Crippen molar-refractivity contribution < 1.29 is 13.5 Å². The topological polar surface area (TPSA) is 81.4 Å². The molecule has 1 fully saturated rings. The summed E-state index contributed by atoms with van der Waals surface area (Å²) in [5.41, 5.74) is 0.253. The van der Waals surface area contributed by atoms with Crippen LogP contribution < -0.4 is 0 Å². The van der Waals surface area contributed by atoms with Crippen molar-refractivity contribution in [1.82, 2.24) is 4.31 Å². The number of hydrogen-bond acceptors (Lipinski definition) is 4. The summed E-state index contributed by atoms with van der Waals surface area (Å²) in [7, 11) is -3.73. The zero-order valence-corrected chi connectivity index (χ0v) is 12.4.